The van der Waals surface area contributed by atoms with Crippen LogP contribution in [0.2, 0.25) is 0 Å². The van der Waals surface area contributed by atoms with Crippen molar-refractivity contribution < 1.29 is 19.8 Å². The molecule has 0 radical (unpaired) electrons. The van der Waals surface area contributed by atoms with Crippen LogP contribution < -0.4 is 0 Å². The zero-order valence-corrected chi connectivity index (χ0v) is 22.3. The van der Waals surface area contributed by atoms with E-state index in [0.717, 1.165) is 34.2 Å². The van der Waals surface area contributed by atoms with Crippen molar-refractivity contribution in [2.45, 2.75) is 87.3 Å². The number of carboxylic acids is 1. The van der Waals surface area contributed by atoms with Crippen LogP contribution in [0, 0.1) is 26.2 Å². The Morgan fingerprint density at radius 3 is 1.91 bits per heavy atom. The summed E-state index contributed by atoms with van der Waals surface area (Å²) in [5.41, 5.74) is 7.75. The number of rotatable bonds is 3. The normalized spacial score (nSPS) is 13.6. The fourth-order valence-corrected chi connectivity index (χ4v) is 4.40. The molecule has 5 heteroatoms. The Labute approximate surface area is 204 Å². The highest BCUT2D eigenvalue weighted by atomic mass is 16.4. The lowest BCUT2D eigenvalue weighted by atomic mass is 9.80. The first-order chi connectivity index (χ1) is 15.5. The van der Waals surface area contributed by atoms with Crippen molar-refractivity contribution in [2.75, 3.05) is 6.54 Å². The lowest BCUT2D eigenvalue weighted by molar-refractivity contribution is -0.140. The molecule has 0 aromatic heterocycles. The zero-order valence-electron chi connectivity index (χ0n) is 22.3. The molecule has 0 spiro atoms. The number of benzene rings is 2. The summed E-state index contributed by atoms with van der Waals surface area (Å²) < 4.78 is 0. The van der Waals surface area contributed by atoms with Gasteiger partial charge in [-0.25, -0.2) is 0 Å². The maximum absolute atomic E-state index is 12.9. The van der Waals surface area contributed by atoms with E-state index in [1.54, 1.807) is 20.8 Å². The van der Waals surface area contributed by atoms with E-state index in [0.29, 0.717) is 13.1 Å². The molecule has 1 aliphatic rings. The molecule has 2 aromatic carbocycles. The molecule has 0 unspecified atom stereocenters. The third-order valence-electron chi connectivity index (χ3n) is 5.98. The van der Waals surface area contributed by atoms with Crippen LogP contribution in [-0.2, 0) is 29.0 Å². The van der Waals surface area contributed by atoms with Gasteiger partial charge in [0.2, 0.25) is 5.91 Å². The molecule has 186 valence electrons. The molecule has 0 atom stereocenters. The first-order valence-corrected chi connectivity index (χ1v) is 11.9. The van der Waals surface area contributed by atoms with Crippen molar-refractivity contribution in [2.24, 2.45) is 5.41 Å². The van der Waals surface area contributed by atoms with E-state index in [-0.39, 0.29) is 12.3 Å². The Balaban J connectivity index is 0.000000739. The van der Waals surface area contributed by atoms with E-state index >= 15 is 0 Å². The number of carboxylic acid groups (broad SMARTS) is 1. The molecular formula is C29H41NO4. The molecule has 0 saturated heterocycles. The van der Waals surface area contributed by atoms with Crippen molar-refractivity contribution in [1.82, 2.24) is 4.90 Å². The second kappa shape index (κ2) is 10.3. The molecule has 2 aromatic rings. The largest absolute Gasteiger partial charge is 0.481 e. The second-order valence-electron chi connectivity index (χ2n) is 11.4. The summed E-state index contributed by atoms with van der Waals surface area (Å²) in [6, 6.07) is 8.25. The van der Waals surface area contributed by atoms with Gasteiger partial charge in [0.25, 0.3) is 0 Å². The van der Waals surface area contributed by atoms with Gasteiger partial charge in [-0.2, -0.15) is 0 Å². The summed E-state index contributed by atoms with van der Waals surface area (Å²) in [5.74, 6) is -0.659. The predicted octanol–water partition coefficient (Wildman–Crippen LogP) is 5.61. The van der Waals surface area contributed by atoms with E-state index in [2.05, 4.69) is 31.2 Å². The number of fused-ring (bicyclic) bond motifs is 1. The fraction of sp³-hybridized carbons (Fsp3) is 0.517. The Kier molecular flexibility index (Phi) is 8.36. The standard InChI is InChI=1S/C25H31NO3.C4H10O/c1-15-7-9-18(10-8-15)23-17(3)21-14-26(24(29)25(4,5)6)12-11-19(21)16(2)20(23)13-22(27)28;1-4(2,3)5/h7-10H,11-14H2,1-6H3,(H,27,28);5H,1-3H3. The van der Waals surface area contributed by atoms with Gasteiger partial charge >= 0.3 is 5.97 Å². The van der Waals surface area contributed by atoms with E-state index in [1.165, 1.54) is 16.7 Å². The minimum Gasteiger partial charge on any atom is -0.481 e. The average Bonchev–Trinajstić information content (AvgIpc) is 2.70. The summed E-state index contributed by atoms with van der Waals surface area (Å²) >= 11 is 0. The number of carbonyl (C=O) groups is 2. The van der Waals surface area contributed by atoms with Gasteiger partial charge in [0.1, 0.15) is 0 Å². The highest BCUT2D eigenvalue weighted by Crippen LogP contribution is 2.38. The highest BCUT2D eigenvalue weighted by molar-refractivity contribution is 5.84. The van der Waals surface area contributed by atoms with Crippen LogP contribution in [0.4, 0.5) is 0 Å². The quantitative estimate of drug-likeness (QED) is 0.615. The van der Waals surface area contributed by atoms with Gasteiger partial charge in [0, 0.05) is 18.5 Å². The Bertz CT molecular complexity index is 1050. The first kappa shape index (κ1) is 27.6. The summed E-state index contributed by atoms with van der Waals surface area (Å²) in [5, 5.41) is 18.1. The molecule has 1 amide bonds. The monoisotopic (exact) mass is 467 g/mol. The molecule has 1 aliphatic heterocycles. The van der Waals surface area contributed by atoms with Gasteiger partial charge in [0.05, 0.1) is 12.0 Å². The van der Waals surface area contributed by atoms with Gasteiger partial charge in [-0.05, 0) is 86.9 Å². The molecule has 2 N–H and O–H groups in total. The summed E-state index contributed by atoms with van der Waals surface area (Å²) in [4.78, 5) is 26.5. The van der Waals surface area contributed by atoms with Crippen molar-refractivity contribution in [1.29, 1.82) is 0 Å². The zero-order chi connectivity index (χ0) is 26.0. The third-order valence-corrected chi connectivity index (χ3v) is 5.98. The summed E-state index contributed by atoms with van der Waals surface area (Å²) in [6.45, 7) is 18.5. The number of hydrogen-bond donors (Lipinski definition) is 2. The Hall–Kier alpha value is -2.66. The van der Waals surface area contributed by atoms with Crippen LogP contribution in [0.15, 0.2) is 24.3 Å². The van der Waals surface area contributed by atoms with Crippen LogP contribution in [-0.4, -0.2) is 39.1 Å². The van der Waals surface area contributed by atoms with Gasteiger partial charge in [-0.1, -0.05) is 50.6 Å². The Morgan fingerprint density at radius 1 is 0.912 bits per heavy atom. The number of aliphatic hydroxyl groups is 1. The SMILES string of the molecule is CC(C)(C)O.Cc1ccc(-c2c(C)c3c(c(C)c2CC(=O)O)CCN(C(=O)C(C)(C)C)C3)cc1. The number of aliphatic carboxylic acids is 1. The summed E-state index contributed by atoms with van der Waals surface area (Å²) in [6.07, 6.45) is 0.776. The number of aryl methyl sites for hydroxylation is 1. The molecule has 0 aliphatic carbocycles. The van der Waals surface area contributed by atoms with Gasteiger partial charge < -0.3 is 15.1 Å². The number of nitrogens with zero attached hydrogens (tertiary/aromatic N) is 1. The lowest BCUT2D eigenvalue weighted by Gasteiger charge is -2.36. The molecule has 3 rings (SSSR count). The van der Waals surface area contributed by atoms with Gasteiger partial charge in [0.15, 0.2) is 0 Å². The third kappa shape index (κ3) is 6.92. The van der Waals surface area contributed by atoms with Crippen molar-refractivity contribution in [3.05, 3.63) is 57.6 Å². The first-order valence-electron chi connectivity index (χ1n) is 11.9. The molecule has 34 heavy (non-hydrogen) atoms. The van der Waals surface area contributed by atoms with E-state index in [9.17, 15) is 14.7 Å². The van der Waals surface area contributed by atoms with Crippen molar-refractivity contribution >= 4 is 11.9 Å². The molecule has 5 nitrogen and oxygen atoms in total. The minimum absolute atomic E-state index is 0.00774. The smallest absolute Gasteiger partial charge is 0.307 e. The van der Waals surface area contributed by atoms with E-state index < -0.39 is 17.0 Å². The van der Waals surface area contributed by atoms with Gasteiger partial charge in [-0.15, -0.1) is 0 Å². The second-order valence-corrected chi connectivity index (χ2v) is 11.4. The maximum atomic E-state index is 12.9. The van der Waals surface area contributed by atoms with Crippen LogP contribution in [0.25, 0.3) is 11.1 Å². The number of carbonyl (C=O) groups excluding carboxylic acids is 1. The molecular weight excluding hydrogens is 426 g/mol. The van der Waals surface area contributed by atoms with Crippen LogP contribution in [0.3, 0.4) is 0 Å². The van der Waals surface area contributed by atoms with Crippen molar-refractivity contribution in [3.8, 4) is 11.1 Å². The lowest BCUT2D eigenvalue weighted by Crippen LogP contribution is -2.43. The van der Waals surface area contributed by atoms with Crippen LogP contribution in [0.5, 0.6) is 0 Å². The Morgan fingerprint density at radius 2 is 1.44 bits per heavy atom. The van der Waals surface area contributed by atoms with Crippen LogP contribution in [0.1, 0.15) is 74.9 Å². The topological polar surface area (TPSA) is 77.8 Å². The maximum Gasteiger partial charge on any atom is 0.307 e. The number of amides is 1. The molecule has 1 heterocycles. The number of hydrogen-bond acceptors (Lipinski definition) is 3. The fourth-order valence-electron chi connectivity index (χ4n) is 4.40. The minimum atomic E-state index is -0.818. The van der Waals surface area contributed by atoms with Crippen molar-refractivity contribution in [3.63, 3.8) is 0 Å². The predicted molar refractivity (Wildman–Crippen MR) is 138 cm³/mol. The average molecular weight is 468 g/mol. The van der Waals surface area contributed by atoms with Gasteiger partial charge in [-0.3, -0.25) is 9.59 Å². The van der Waals surface area contributed by atoms with E-state index in [4.69, 9.17) is 5.11 Å². The highest BCUT2D eigenvalue weighted by Gasteiger charge is 2.32. The molecule has 0 saturated carbocycles. The summed E-state index contributed by atoms with van der Waals surface area (Å²) in [7, 11) is 0. The molecule has 0 fully saturated rings. The molecule has 0 bridgehead atoms. The van der Waals surface area contributed by atoms with Crippen LogP contribution >= 0.6 is 0 Å². The van der Waals surface area contributed by atoms with E-state index in [1.807, 2.05) is 39.5 Å².